The van der Waals surface area contributed by atoms with Crippen LogP contribution in [0.2, 0.25) is 0 Å². The molecule has 2 fully saturated rings. The van der Waals surface area contributed by atoms with Gasteiger partial charge in [-0.15, -0.1) is 0 Å². The van der Waals surface area contributed by atoms with Crippen LogP contribution in [-0.2, 0) is 0 Å². The van der Waals surface area contributed by atoms with Gasteiger partial charge in [0.25, 0.3) is 0 Å². The molecule has 76 valence electrons. The smallest absolute Gasteiger partial charge is 0.00683 e. The Labute approximate surface area is 82.3 Å². The normalized spacial score (nSPS) is 29.1. The zero-order valence-electron chi connectivity index (χ0n) is 9.10. The lowest BCUT2D eigenvalue weighted by Crippen LogP contribution is -2.30. The fourth-order valence-corrected chi connectivity index (χ4v) is 2.28. The van der Waals surface area contributed by atoms with E-state index >= 15 is 0 Å². The Morgan fingerprint density at radius 2 is 1.69 bits per heavy atom. The third-order valence-electron chi connectivity index (χ3n) is 3.73. The number of hydrogen-bond acceptors (Lipinski definition) is 1. The van der Waals surface area contributed by atoms with E-state index in [4.69, 9.17) is 0 Å². The summed E-state index contributed by atoms with van der Waals surface area (Å²) in [6, 6.07) is 0.898. The number of hydrogen-bond donors (Lipinski definition) is 1. The summed E-state index contributed by atoms with van der Waals surface area (Å²) in [6.45, 7) is 6.12. The van der Waals surface area contributed by atoms with E-state index in [1.54, 1.807) is 0 Å². The van der Waals surface area contributed by atoms with Crippen LogP contribution in [0.3, 0.4) is 0 Å². The zero-order chi connectivity index (χ0) is 9.31. The fraction of sp³-hybridized carbons (Fsp3) is 1.00. The first-order valence-corrected chi connectivity index (χ1v) is 5.89. The molecule has 0 aliphatic heterocycles. The molecule has 0 aromatic rings. The Balaban J connectivity index is 1.65. The van der Waals surface area contributed by atoms with E-state index in [0.717, 1.165) is 12.0 Å². The molecule has 0 saturated heterocycles. The van der Waals surface area contributed by atoms with E-state index < -0.39 is 0 Å². The quantitative estimate of drug-likeness (QED) is 0.706. The maximum Gasteiger partial charge on any atom is 0.00683 e. The molecule has 13 heavy (non-hydrogen) atoms. The van der Waals surface area contributed by atoms with E-state index in [1.165, 1.54) is 45.1 Å². The largest absolute Gasteiger partial charge is 0.314 e. The van der Waals surface area contributed by atoms with Crippen molar-refractivity contribution in [2.45, 2.75) is 58.4 Å². The van der Waals surface area contributed by atoms with Crippen LogP contribution in [0.25, 0.3) is 0 Å². The van der Waals surface area contributed by atoms with Crippen LogP contribution >= 0.6 is 0 Å². The lowest BCUT2D eigenvalue weighted by molar-refractivity contribution is 0.188. The van der Waals surface area contributed by atoms with Crippen LogP contribution in [0.1, 0.15) is 52.4 Å². The lowest BCUT2D eigenvalue weighted by Gasteiger charge is -2.34. The van der Waals surface area contributed by atoms with Crippen molar-refractivity contribution in [3.63, 3.8) is 0 Å². The Morgan fingerprint density at radius 1 is 1.08 bits per heavy atom. The molecular weight excluding hydrogens is 158 g/mol. The van der Waals surface area contributed by atoms with Gasteiger partial charge in [-0.1, -0.05) is 13.8 Å². The van der Waals surface area contributed by atoms with Gasteiger partial charge in [0.1, 0.15) is 0 Å². The third kappa shape index (κ3) is 2.98. The zero-order valence-corrected chi connectivity index (χ0v) is 9.10. The van der Waals surface area contributed by atoms with Gasteiger partial charge in [0.05, 0.1) is 0 Å². The predicted molar refractivity (Wildman–Crippen MR) is 56.8 cm³/mol. The molecule has 1 nitrogen and oxygen atoms in total. The number of rotatable bonds is 3. The molecule has 0 atom stereocenters. The molecule has 2 aliphatic carbocycles. The van der Waals surface area contributed by atoms with Gasteiger partial charge >= 0.3 is 0 Å². The van der Waals surface area contributed by atoms with Crippen LogP contribution in [0, 0.1) is 11.3 Å². The average molecular weight is 181 g/mol. The predicted octanol–water partition coefficient (Wildman–Crippen LogP) is 2.95. The molecule has 2 rings (SSSR count). The van der Waals surface area contributed by atoms with Crippen molar-refractivity contribution in [3.8, 4) is 0 Å². The van der Waals surface area contributed by atoms with Crippen LogP contribution < -0.4 is 5.32 Å². The van der Waals surface area contributed by atoms with E-state index in [9.17, 15) is 0 Å². The summed E-state index contributed by atoms with van der Waals surface area (Å²) in [5.41, 5.74) is 0.635. The van der Waals surface area contributed by atoms with E-state index in [-0.39, 0.29) is 0 Å². The summed E-state index contributed by atoms with van der Waals surface area (Å²) >= 11 is 0. The van der Waals surface area contributed by atoms with Crippen molar-refractivity contribution in [2.24, 2.45) is 11.3 Å². The van der Waals surface area contributed by atoms with Gasteiger partial charge in [-0.25, -0.2) is 0 Å². The molecule has 1 N–H and O–H groups in total. The molecule has 0 radical (unpaired) electrons. The molecule has 0 spiro atoms. The summed E-state index contributed by atoms with van der Waals surface area (Å²) in [7, 11) is 0. The first-order valence-electron chi connectivity index (χ1n) is 5.89. The lowest BCUT2D eigenvalue weighted by atomic mass is 9.73. The van der Waals surface area contributed by atoms with Crippen molar-refractivity contribution in [1.29, 1.82) is 0 Å². The molecule has 0 aromatic carbocycles. The second kappa shape index (κ2) is 3.61. The first-order chi connectivity index (χ1) is 6.16. The minimum atomic E-state index is 0.635. The van der Waals surface area contributed by atoms with Gasteiger partial charge in [-0.3, -0.25) is 0 Å². The minimum absolute atomic E-state index is 0.635. The van der Waals surface area contributed by atoms with Gasteiger partial charge < -0.3 is 5.32 Å². The highest BCUT2D eigenvalue weighted by Gasteiger charge is 2.28. The standard InChI is InChI=1S/C12H23N/c1-12(2)7-5-10(6-8-12)9-13-11-3-4-11/h10-11,13H,3-9H2,1-2H3. The highest BCUT2D eigenvalue weighted by molar-refractivity contribution is 4.84. The van der Waals surface area contributed by atoms with Crippen LogP contribution in [0.5, 0.6) is 0 Å². The van der Waals surface area contributed by atoms with Gasteiger partial charge in [-0.2, -0.15) is 0 Å². The van der Waals surface area contributed by atoms with Crippen LogP contribution in [0.15, 0.2) is 0 Å². The van der Waals surface area contributed by atoms with Crippen molar-refractivity contribution in [1.82, 2.24) is 5.32 Å². The van der Waals surface area contributed by atoms with Crippen molar-refractivity contribution < 1.29 is 0 Å². The van der Waals surface area contributed by atoms with Gasteiger partial charge in [0.2, 0.25) is 0 Å². The molecule has 1 heteroatoms. The minimum Gasteiger partial charge on any atom is -0.314 e. The molecule has 0 bridgehead atoms. The van der Waals surface area contributed by atoms with Crippen molar-refractivity contribution >= 4 is 0 Å². The molecule has 0 aromatic heterocycles. The average Bonchev–Trinajstić information content (AvgIpc) is 2.86. The third-order valence-corrected chi connectivity index (χ3v) is 3.73. The Morgan fingerprint density at radius 3 is 2.23 bits per heavy atom. The topological polar surface area (TPSA) is 12.0 Å². The molecule has 0 heterocycles. The van der Waals surface area contributed by atoms with Crippen molar-refractivity contribution in [2.75, 3.05) is 6.54 Å². The van der Waals surface area contributed by atoms with E-state index in [0.29, 0.717) is 5.41 Å². The second-order valence-corrected chi connectivity index (χ2v) is 5.79. The Bertz CT molecular complexity index is 157. The highest BCUT2D eigenvalue weighted by Crippen LogP contribution is 2.37. The summed E-state index contributed by atoms with van der Waals surface area (Å²) in [4.78, 5) is 0. The summed E-state index contributed by atoms with van der Waals surface area (Å²) < 4.78 is 0. The second-order valence-electron chi connectivity index (χ2n) is 5.79. The monoisotopic (exact) mass is 181 g/mol. The van der Waals surface area contributed by atoms with Gasteiger partial charge in [0, 0.05) is 6.04 Å². The highest BCUT2D eigenvalue weighted by atomic mass is 14.9. The van der Waals surface area contributed by atoms with E-state index in [1.807, 2.05) is 0 Å². The Hall–Kier alpha value is -0.0400. The van der Waals surface area contributed by atoms with Gasteiger partial charge in [0.15, 0.2) is 0 Å². The molecule has 0 amide bonds. The van der Waals surface area contributed by atoms with Crippen LogP contribution in [-0.4, -0.2) is 12.6 Å². The maximum atomic E-state index is 3.65. The molecule has 2 saturated carbocycles. The summed E-state index contributed by atoms with van der Waals surface area (Å²) in [6.07, 6.45) is 8.63. The maximum absolute atomic E-state index is 3.65. The van der Waals surface area contributed by atoms with Crippen LogP contribution in [0.4, 0.5) is 0 Å². The van der Waals surface area contributed by atoms with Crippen molar-refractivity contribution in [3.05, 3.63) is 0 Å². The van der Waals surface area contributed by atoms with E-state index in [2.05, 4.69) is 19.2 Å². The SMILES string of the molecule is CC1(C)CCC(CNC2CC2)CC1. The Kier molecular flexibility index (Phi) is 2.64. The number of nitrogens with one attached hydrogen (secondary N) is 1. The molecule has 2 aliphatic rings. The molecular formula is C12H23N. The molecule has 0 unspecified atom stereocenters. The summed E-state index contributed by atoms with van der Waals surface area (Å²) in [5, 5.41) is 3.65. The summed E-state index contributed by atoms with van der Waals surface area (Å²) in [5.74, 6) is 0.980. The fourth-order valence-electron chi connectivity index (χ4n) is 2.28. The van der Waals surface area contributed by atoms with Gasteiger partial charge in [-0.05, 0) is 56.4 Å². The first kappa shape index (κ1) is 9.51.